The Morgan fingerprint density at radius 2 is 1.85 bits per heavy atom. The van der Waals surface area contributed by atoms with Gasteiger partial charge in [0.1, 0.15) is 5.82 Å². The van der Waals surface area contributed by atoms with Gasteiger partial charge in [-0.2, -0.15) is 0 Å². The van der Waals surface area contributed by atoms with Crippen LogP contribution in [0.3, 0.4) is 0 Å². The molecule has 0 spiro atoms. The summed E-state index contributed by atoms with van der Waals surface area (Å²) in [5.74, 6) is -1.19. The Morgan fingerprint density at radius 1 is 1.12 bits per heavy atom. The third kappa shape index (κ3) is 3.44. The van der Waals surface area contributed by atoms with Gasteiger partial charge in [-0.25, -0.2) is 9.18 Å². The molecule has 2 aromatic carbocycles. The number of carbonyl (C=O) groups excluding carboxylic acids is 2. The number of rotatable bonds is 5. The molecule has 5 nitrogen and oxygen atoms in total. The Kier molecular flexibility index (Phi) is 5.29. The van der Waals surface area contributed by atoms with E-state index in [-0.39, 0.29) is 18.3 Å². The molecular formula is C19H16FNO4S. The Labute approximate surface area is 153 Å². The summed E-state index contributed by atoms with van der Waals surface area (Å²) in [5, 5.41) is 3.17. The molecule has 0 unspecified atom stereocenters. The van der Waals surface area contributed by atoms with Gasteiger partial charge in [0.2, 0.25) is 0 Å². The van der Waals surface area contributed by atoms with Gasteiger partial charge in [0.25, 0.3) is 5.91 Å². The lowest BCUT2D eigenvalue weighted by molar-refractivity contribution is 0.0600. The Bertz CT molecular complexity index is 966. The number of nitrogens with one attached hydrogen (secondary N) is 1. The van der Waals surface area contributed by atoms with Crippen LogP contribution in [0.4, 0.5) is 10.1 Å². The molecule has 1 heterocycles. The molecule has 134 valence electrons. The van der Waals surface area contributed by atoms with Crippen LogP contribution in [0.1, 0.15) is 25.6 Å². The summed E-state index contributed by atoms with van der Waals surface area (Å²) in [4.78, 5) is 24.5. The Balaban J connectivity index is 1.91. The fraction of sp³-hybridized carbons (Fsp3) is 0.158. The minimum absolute atomic E-state index is 0.130. The summed E-state index contributed by atoms with van der Waals surface area (Å²) in [6.45, 7) is 0.130. The summed E-state index contributed by atoms with van der Waals surface area (Å²) in [5.41, 5.74) is 1.42. The minimum atomic E-state index is -0.453. The van der Waals surface area contributed by atoms with Crippen LogP contribution in [0.2, 0.25) is 0 Å². The van der Waals surface area contributed by atoms with Crippen LogP contribution < -0.4 is 5.32 Å². The van der Waals surface area contributed by atoms with Crippen molar-refractivity contribution in [3.05, 3.63) is 64.3 Å². The van der Waals surface area contributed by atoms with Gasteiger partial charge in [-0.3, -0.25) is 4.79 Å². The smallest absolute Gasteiger partial charge is 0.337 e. The van der Waals surface area contributed by atoms with E-state index in [1.54, 1.807) is 36.4 Å². The van der Waals surface area contributed by atoms with Crippen molar-refractivity contribution in [3.8, 4) is 0 Å². The summed E-state index contributed by atoms with van der Waals surface area (Å²) >= 11 is 1.21. The number of hydrogen-bond donors (Lipinski definition) is 1. The number of thiophene rings is 1. The summed E-state index contributed by atoms with van der Waals surface area (Å²) in [6, 6.07) is 11.1. The number of anilines is 1. The molecule has 1 aromatic heterocycles. The second kappa shape index (κ2) is 7.63. The maximum absolute atomic E-state index is 14.2. The zero-order valence-corrected chi connectivity index (χ0v) is 15.0. The van der Waals surface area contributed by atoms with E-state index in [1.807, 2.05) is 0 Å². The van der Waals surface area contributed by atoms with Crippen LogP contribution in [-0.2, 0) is 16.1 Å². The lowest BCUT2D eigenvalue weighted by Crippen LogP contribution is -2.13. The van der Waals surface area contributed by atoms with Crippen molar-refractivity contribution in [2.45, 2.75) is 6.61 Å². The van der Waals surface area contributed by atoms with Crippen molar-refractivity contribution in [3.63, 3.8) is 0 Å². The predicted octanol–water partition coefficient (Wildman–Crippen LogP) is 4.23. The van der Waals surface area contributed by atoms with Crippen molar-refractivity contribution >= 4 is 39.0 Å². The van der Waals surface area contributed by atoms with Gasteiger partial charge in [0.05, 0.1) is 24.2 Å². The maximum Gasteiger partial charge on any atom is 0.337 e. The summed E-state index contributed by atoms with van der Waals surface area (Å²) in [6.07, 6.45) is 0. The second-order valence-electron chi connectivity index (χ2n) is 5.48. The molecule has 0 radical (unpaired) electrons. The summed E-state index contributed by atoms with van der Waals surface area (Å²) in [7, 11) is 2.80. The number of amides is 1. The minimum Gasteiger partial charge on any atom is -0.465 e. The van der Waals surface area contributed by atoms with Gasteiger partial charge < -0.3 is 14.8 Å². The molecule has 0 aliphatic heterocycles. The quantitative estimate of drug-likeness (QED) is 0.680. The highest BCUT2D eigenvalue weighted by atomic mass is 32.1. The maximum atomic E-state index is 14.2. The molecule has 0 aliphatic carbocycles. The Morgan fingerprint density at radius 3 is 2.50 bits per heavy atom. The zero-order chi connectivity index (χ0) is 18.7. The van der Waals surface area contributed by atoms with Crippen LogP contribution in [0, 0.1) is 5.82 Å². The third-order valence-electron chi connectivity index (χ3n) is 3.82. The van der Waals surface area contributed by atoms with E-state index >= 15 is 0 Å². The lowest BCUT2D eigenvalue weighted by Gasteiger charge is -2.07. The molecule has 0 atom stereocenters. The monoisotopic (exact) mass is 373 g/mol. The molecule has 0 aliphatic rings. The third-order valence-corrected chi connectivity index (χ3v) is 5.02. The number of benzene rings is 2. The SMILES string of the molecule is COCc1c(C(=O)Nc2ccc(C(=O)OC)cc2)sc2cccc(F)c12. The van der Waals surface area contributed by atoms with Gasteiger partial charge >= 0.3 is 5.97 Å². The summed E-state index contributed by atoms with van der Waals surface area (Å²) < 4.78 is 24.7. The van der Waals surface area contributed by atoms with E-state index in [1.165, 1.54) is 31.6 Å². The first kappa shape index (κ1) is 18.0. The van der Waals surface area contributed by atoms with Crippen molar-refractivity contribution in [2.75, 3.05) is 19.5 Å². The normalized spacial score (nSPS) is 10.7. The highest BCUT2D eigenvalue weighted by Gasteiger charge is 2.21. The molecule has 0 fully saturated rings. The standard InChI is InChI=1S/C19H16FNO4S/c1-24-10-13-16-14(20)4-3-5-15(16)26-17(13)18(22)21-12-8-6-11(7-9-12)19(23)25-2/h3-9H,10H2,1-2H3,(H,21,22). The molecule has 0 saturated heterocycles. The van der Waals surface area contributed by atoms with Gasteiger partial charge in [-0.1, -0.05) is 6.07 Å². The lowest BCUT2D eigenvalue weighted by atomic mass is 10.1. The van der Waals surface area contributed by atoms with Crippen molar-refractivity contribution in [1.29, 1.82) is 0 Å². The number of halogens is 1. The number of ether oxygens (including phenoxy) is 2. The molecule has 0 saturated carbocycles. The molecule has 0 bridgehead atoms. The van der Waals surface area contributed by atoms with Crippen LogP contribution in [0.5, 0.6) is 0 Å². The van der Waals surface area contributed by atoms with Gasteiger partial charge in [-0.05, 0) is 36.4 Å². The topological polar surface area (TPSA) is 64.6 Å². The highest BCUT2D eigenvalue weighted by Crippen LogP contribution is 2.34. The fourth-order valence-corrected chi connectivity index (χ4v) is 3.75. The van der Waals surface area contributed by atoms with E-state index < -0.39 is 5.97 Å². The second-order valence-corrected chi connectivity index (χ2v) is 6.53. The molecule has 1 N–H and O–H groups in total. The molecular weight excluding hydrogens is 357 g/mol. The molecule has 7 heteroatoms. The number of fused-ring (bicyclic) bond motifs is 1. The first-order chi connectivity index (χ1) is 12.5. The number of esters is 1. The zero-order valence-electron chi connectivity index (χ0n) is 14.2. The van der Waals surface area contributed by atoms with Crippen LogP contribution in [0.15, 0.2) is 42.5 Å². The van der Waals surface area contributed by atoms with Gasteiger partial charge in [0, 0.05) is 28.4 Å². The van der Waals surface area contributed by atoms with Crippen molar-refractivity contribution in [1.82, 2.24) is 0 Å². The highest BCUT2D eigenvalue weighted by molar-refractivity contribution is 7.21. The van der Waals surface area contributed by atoms with Crippen molar-refractivity contribution < 1.29 is 23.5 Å². The van der Waals surface area contributed by atoms with E-state index in [4.69, 9.17) is 4.74 Å². The molecule has 26 heavy (non-hydrogen) atoms. The first-order valence-corrected chi connectivity index (χ1v) is 8.55. The van der Waals surface area contributed by atoms with E-state index in [9.17, 15) is 14.0 Å². The largest absolute Gasteiger partial charge is 0.465 e. The van der Waals surface area contributed by atoms with E-state index in [2.05, 4.69) is 10.1 Å². The average Bonchev–Trinajstić information content (AvgIpc) is 3.02. The van der Waals surface area contributed by atoms with Crippen LogP contribution in [0.25, 0.3) is 10.1 Å². The predicted molar refractivity (Wildman–Crippen MR) is 98.2 cm³/mol. The molecule has 3 rings (SSSR count). The van der Waals surface area contributed by atoms with Crippen LogP contribution in [-0.4, -0.2) is 26.1 Å². The molecule has 3 aromatic rings. The average molecular weight is 373 g/mol. The van der Waals surface area contributed by atoms with Crippen LogP contribution >= 0.6 is 11.3 Å². The number of methoxy groups -OCH3 is 2. The Hall–Kier alpha value is -2.77. The van der Waals surface area contributed by atoms with Crippen molar-refractivity contribution in [2.24, 2.45) is 0 Å². The van der Waals surface area contributed by atoms with E-state index in [0.29, 0.717) is 31.8 Å². The van der Waals surface area contributed by atoms with Gasteiger partial charge in [-0.15, -0.1) is 11.3 Å². The van der Waals surface area contributed by atoms with Gasteiger partial charge in [0.15, 0.2) is 0 Å². The fourth-order valence-electron chi connectivity index (χ4n) is 2.63. The number of hydrogen-bond acceptors (Lipinski definition) is 5. The number of carbonyl (C=O) groups is 2. The van der Waals surface area contributed by atoms with E-state index in [0.717, 1.165) is 0 Å². The first-order valence-electron chi connectivity index (χ1n) is 7.73. The molecule has 1 amide bonds.